The monoisotopic (exact) mass is 405 g/mol. The molecule has 1 saturated heterocycles. The minimum Gasteiger partial charge on any atom is -0.489 e. The normalized spacial score (nSPS) is 18.1. The van der Waals surface area contributed by atoms with Crippen LogP contribution in [0.3, 0.4) is 0 Å². The number of ether oxygens (including phenoxy) is 2. The van der Waals surface area contributed by atoms with Gasteiger partial charge < -0.3 is 9.47 Å². The molecule has 1 amide bonds. The van der Waals surface area contributed by atoms with Crippen LogP contribution in [0, 0.1) is 0 Å². The highest BCUT2D eigenvalue weighted by Crippen LogP contribution is 2.25. The highest BCUT2D eigenvalue weighted by atomic mass is 16.6. The second-order valence-corrected chi connectivity index (χ2v) is 7.20. The van der Waals surface area contributed by atoms with Gasteiger partial charge in [0.05, 0.1) is 6.54 Å². The third-order valence-corrected chi connectivity index (χ3v) is 5.13. The third kappa shape index (κ3) is 5.99. The van der Waals surface area contributed by atoms with Crippen LogP contribution in [0.15, 0.2) is 78.4 Å². The maximum absolute atomic E-state index is 12.3. The SMILES string of the molecule is CC.O=C1O[C@H](C2=CCC=CCC2)CN1Cc1ccc(COc2ccccc2)cc1. The Morgan fingerprint density at radius 1 is 1.00 bits per heavy atom. The zero-order valence-electron chi connectivity index (χ0n) is 17.9. The minimum absolute atomic E-state index is 0.106. The number of rotatable bonds is 6. The third-order valence-electron chi connectivity index (χ3n) is 5.13. The number of hydrogen-bond donors (Lipinski definition) is 0. The number of carbonyl (C=O) groups excluding carboxylic acids is 1. The van der Waals surface area contributed by atoms with E-state index in [0.29, 0.717) is 19.7 Å². The van der Waals surface area contributed by atoms with Crippen LogP contribution in [0.4, 0.5) is 4.79 Å². The van der Waals surface area contributed by atoms with E-state index in [1.807, 2.05) is 44.2 Å². The summed E-state index contributed by atoms with van der Waals surface area (Å²) in [5, 5.41) is 0. The number of para-hydroxylation sites is 1. The highest BCUT2D eigenvalue weighted by Gasteiger charge is 2.33. The van der Waals surface area contributed by atoms with Crippen LogP contribution in [0.25, 0.3) is 0 Å². The first kappa shape index (κ1) is 21.7. The van der Waals surface area contributed by atoms with Crippen molar-refractivity contribution in [1.82, 2.24) is 4.90 Å². The fourth-order valence-corrected chi connectivity index (χ4v) is 3.55. The lowest BCUT2D eigenvalue weighted by Crippen LogP contribution is -2.25. The summed E-state index contributed by atoms with van der Waals surface area (Å²) in [6, 6.07) is 18.0. The van der Waals surface area contributed by atoms with Gasteiger partial charge in [-0.1, -0.05) is 74.5 Å². The number of allylic oxidation sites excluding steroid dienone is 3. The highest BCUT2D eigenvalue weighted by molar-refractivity contribution is 5.70. The molecule has 1 aliphatic carbocycles. The molecule has 0 N–H and O–H groups in total. The zero-order valence-corrected chi connectivity index (χ0v) is 17.9. The topological polar surface area (TPSA) is 38.8 Å². The molecule has 4 nitrogen and oxygen atoms in total. The van der Waals surface area contributed by atoms with Crippen LogP contribution >= 0.6 is 0 Å². The summed E-state index contributed by atoms with van der Waals surface area (Å²) < 4.78 is 11.4. The van der Waals surface area contributed by atoms with Crippen molar-refractivity contribution in [2.75, 3.05) is 6.54 Å². The van der Waals surface area contributed by atoms with Crippen LogP contribution in [0.5, 0.6) is 5.75 Å². The quantitative estimate of drug-likeness (QED) is 0.531. The minimum atomic E-state index is -0.223. The van der Waals surface area contributed by atoms with Gasteiger partial charge in [0.25, 0.3) is 0 Å². The lowest BCUT2D eigenvalue weighted by molar-refractivity contribution is 0.141. The number of carbonyl (C=O) groups is 1. The van der Waals surface area contributed by atoms with E-state index in [2.05, 4.69) is 42.5 Å². The Bertz CT molecular complexity index is 856. The molecule has 0 radical (unpaired) electrons. The van der Waals surface area contributed by atoms with Gasteiger partial charge in [-0.25, -0.2) is 4.79 Å². The Labute approximate surface area is 179 Å². The summed E-state index contributed by atoms with van der Waals surface area (Å²) in [5.41, 5.74) is 3.44. The second kappa shape index (κ2) is 11.2. The fraction of sp³-hybridized carbons (Fsp3) is 0.346. The number of nitrogens with zero attached hydrogens (tertiary/aromatic N) is 1. The second-order valence-electron chi connectivity index (χ2n) is 7.20. The van der Waals surface area contributed by atoms with Crippen molar-refractivity contribution in [3.8, 4) is 5.75 Å². The first-order chi connectivity index (χ1) is 14.8. The van der Waals surface area contributed by atoms with Crippen molar-refractivity contribution in [3.05, 3.63) is 89.5 Å². The predicted octanol–water partition coefficient (Wildman–Crippen LogP) is 6.28. The van der Waals surface area contributed by atoms with Crippen molar-refractivity contribution in [2.24, 2.45) is 0 Å². The molecule has 4 rings (SSSR count). The Hall–Kier alpha value is -3.01. The van der Waals surface area contributed by atoms with Crippen LogP contribution < -0.4 is 4.74 Å². The van der Waals surface area contributed by atoms with Gasteiger partial charge in [0.1, 0.15) is 18.5 Å². The van der Waals surface area contributed by atoms with E-state index < -0.39 is 0 Å². The van der Waals surface area contributed by atoms with Gasteiger partial charge in [-0.15, -0.1) is 0 Å². The average Bonchev–Trinajstić information content (AvgIpc) is 2.98. The average molecular weight is 406 g/mol. The maximum atomic E-state index is 12.3. The van der Waals surface area contributed by atoms with E-state index in [1.54, 1.807) is 4.90 Å². The maximum Gasteiger partial charge on any atom is 0.410 e. The van der Waals surface area contributed by atoms with Gasteiger partial charge in [-0.2, -0.15) is 0 Å². The summed E-state index contributed by atoms with van der Waals surface area (Å²) in [6.45, 7) is 5.73. The van der Waals surface area contributed by atoms with Crippen molar-refractivity contribution in [1.29, 1.82) is 0 Å². The van der Waals surface area contributed by atoms with Gasteiger partial charge in [-0.3, -0.25) is 4.90 Å². The van der Waals surface area contributed by atoms with Crippen LogP contribution in [-0.4, -0.2) is 23.6 Å². The summed E-state index contributed by atoms with van der Waals surface area (Å²) in [7, 11) is 0. The van der Waals surface area contributed by atoms with Crippen molar-refractivity contribution in [2.45, 2.75) is 52.4 Å². The first-order valence-electron chi connectivity index (χ1n) is 10.8. The van der Waals surface area contributed by atoms with Crippen LogP contribution in [-0.2, 0) is 17.9 Å². The summed E-state index contributed by atoms with van der Waals surface area (Å²) in [4.78, 5) is 14.1. The molecular formula is C26H31NO3. The van der Waals surface area contributed by atoms with Crippen molar-refractivity contribution in [3.63, 3.8) is 0 Å². The van der Waals surface area contributed by atoms with Crippen molar-refractivity contribution >= 4 is 6.09 Å². The summed E-state index contributed by atoms with van der Waals surface area (Å²) >= 11 is 0. The predicted molar refractivity (Wildman–Crippen MR) is 120 cm³/mol. The molecule has 0 unspecified atom stereocenters. The number of hydrogen-bond acceptors (Lipinski definition) is 3. The molecule has 1 aliphatic heterocycles. The molecule has 4 heteroatoms. The fourth-order valence-electron chi connectivity index (χ4n) is 3.55. The molecule has 1 fully saturated rings. The van der Waals surface area contributed by atoms with Crippen molar-refractivity contribution < 1.29 is 14.3 Å². The lowest BCUT2D eigenvalue weighted by atomic mass is 10.0. The Morgan fingerprint density at radius 2 is 1.73 bits per heavy atom. The molecule has 158 valence electrons. The molecule has 2 aromatic carbocycles. The van der Waals surface area contributed by atoms with Gasteiger partial charge in [0, 0.05) is 6.54 Å². The Balaban J connectivity index is 0.00000124. The molecule has 1 atom stereocenters. The lowest BCUT2D eigenvalue weighted by Gasteiger charge is -2.14. The number of amides is 1. The van der Waals surface area contributed by atoms with E-state index in [4.69, 9.17) is 9.47 Å². The molecule has 30 heavy (non-hydrogen) atoms. The van der Waals surface area contributed by atoms with Gasteiger partial charge >= 0.3 is 6.09 Å². The molecule has 0 spiro atoms. The van der Waals surface area contributed by atoms with Crippen LogP contribution in [0.1, 0.15) is 44.2 Å². The molecule has 2 aliphatic rings. The van der Waals surface area contributed by atoms with E-state index in [0.717, 1.165) is 36.1 Å². The first-order valence-corrected chi connectivity index (χ1v) is 10.8. The van der Waals surface area contributed by atoms with E-state index >= 15 is 0 Å². The van der Waals surface area contributed by atoms with E-state index in [-0.39, 0.29) is 12.2 Å². The smallest absolute Gasteiger partial charge is 0.410 e. The number of benzene rings is 2. The zero-order chi connectivity index (χ0) is 21.2. The Kier molecular flexibility index (Phi) is 8.13. The Morgan fingerprint density at radius 3 is 2.50 bits per heavy atom. The molecule has 0 saturated carbocycles. The molecular weight excluding hydrogens is 374 g/mol. The largest absolute Gasteiger partial charge is 0.489 e. The summed E-state index contributed by atoms with van der Waals surface area (Å²) in [5.74, 6) is 0.862. The van der Waals surface area contributed by atoms with Gasteiger partial charge in [0.2, 0.25) is 0 Å². The van der Waals surface area contributed by atoms with E-state index in [9.17, 15) is 4.79 Å². The molecule has 1 heterocycles. The summed E-state index contributed by atoms with van der Waals surface area (Å²) in [6.07, 6.45) is 9.16. The van der Waals surface area contributed by atoms with Gasteiger partial charge in [0.15, 0.2) is 0 Å². The molecule has 2 aromatic rings. The van der Waals surface area contributed by atoms with Crippen LogP contribution in [0.2, 0.25) is 0 Å². The number of cyclic esters (lactones) is 1. The van der Waals surface area contributed by atoms with Gasteiger partial charge in [-0.05, 0) is 48.1 Å². The molecule has 0 bridgehead atoms. The molecule has 0 aromatic heterocycles. The van der Waals surface area contributed by atoms with E-state index in [1.165, 1.54) is 5.57 Å². The standard InChI is InChI=1S/C24H25NO3.C2H6/c26-24-25(17-23(28-24)21-8-4-1-2-5-9-21)16-19-12-14-20(15-13-19)18-27-22-10-6-3-7-11-22;1-2/h1-3,6-8,10-15,23H,4-5,9,16-18H2;1-2H3/t23-;/m0./s1.